The number of para-hydroxylation sites is 1. The van der Waals surface area contributed by atoms with E-state index >= 15 is 0 Å². The lowest BCUT2D eigenvalue weighted by Crippen LogP contribution is -2.32. The molecular weight excluding hydrogens is 293 g/mol. The maximum absolute atomic E-state index is 13.9. The quantitative estimate of drug-likeness (QED) is 0.849. The van der Waals surface area contributed by atoms with Crippen molar-refractivity contribution in [3.63, 3.8) is 0 Å². The molecule has 0 N–H and O–H groups in total. The van der Waals surface area contributed by atoms with Gasteiger partial charge in [-0.05, 0) is 24.3 Å². The molecule has 2 aromatic rings. The van der Waals surface area contributed by atoms with Crippen LogP contribution in [0.4, 0.5) is 4.39 Å². The summed E-state index contributed by atoms with van der Waals surface area (Å²) in [4.78, 5) is 14.1. The van der Waals surface area contributed by atoms with Gasteiger partial charge >= 0.3 is 0 Å². The monoisotopic (exact) mass is 305 g/mol. The molecule has 108 valence electrons. The minimum atomic E-state index is -0.409. The standard InChI is InChI=1S/C16H13ClFNO2/c17-12-6-5-11(14(18)9-12)10-19-7-8-21-15-4-2-1-3-13(15)16(19)20/h1-6,9H,7-8,10H2. The van der Waals surface area contributed by atoms with Gasteiger partial charge in [-0.2, -0.15) is 0 Å². The van der Waals surface area contributed by atoms with Gasteiger partial charge in [-0.15, -0.1) is 0 Å². The Balaban J connectivity index is 1.87. The summed E-state index contributed by atoms with van der Waals surface area (Å²) < 4.78 is 19.4. The van der Waals surface area contributed by atoms with Crippen molar-refractivity contribution in [2.45, 2.75) is 6.54 Å². The molecule has 21 heavy (non-hydrogen) atoms. The Morgan fingerprint density at radius 2 is 2.05 bits per heavy atom. The van der Waals surface area contributed by atoms with Crippen LogP contribution in [-0.4, -0.2) is 24.0 Å². The largest absolute Gasteiger partial charge is 0.491 e. The molecule has 3 nitrogen and oxygen atoms in total. The van der Waals surface area contributed by atoms with Gasteiger partial charge in [0.2, 0.25) is 0 Å². The lowest BCUT2D eigenvalue weighted by Gasteiger charge is -2.20. The van der Waals surface area contributed by atoms with Crippen LogP contribution in [0.25, 0.3) is 0 Å². The second-order valence-electron chi connectivity index (χ2n) is 4.81. The van der Waals surface area contributed by atoms with Crippen molar-refractivity contribution < 1.29 is 13.9 Å². The summed E-state index contributed by atoms with van der Waals surface area (Å²) in [5, 5.41) is 0.340. The summed E-state index contributed by atoms with van der Waals surface area (Å²) in [6.07, 6.45) is 0. The van der Waals surface area contributed by atoms with E-state index in [9.17, 15) is 9.18 Å². The van der Waals surface area contributed by atoms with Crippen molar-refractivity contribution >= 4 is 17.5 Å². The van der Waals surface area contributed by atoms with Crippen LogP contribution in [0.15, 0.2) is 42.5 Å². The van der Waals surface area contributed by atoms with Crippen LogP contribution in [0.3, 0.4) is 0 Å². The second kappa shape index (κ2) is 5.74. The summed E-state index contributed by atoms with van der Waals surface area (Å²) in [5.74, 6) is 0.00720. The number of benzene rings is 2. The summed E-state index contributed by atoms with van der Waals surface area (Å²) in [7, 11) is 0. The minimum absolute atomic E-state index is 0.155. The van der Waals surface area contributed by atoms with Crippen molar-refractivity contribution in [2.75, 3.05) is 13.2 Å². The normalized spacial score (nSPS) is 14.4. The third-order valence-electron chi connectivity index (χ3n) is 3.40. The van der Waals surface area contributed by atoms with Crippen molar-refractivity contribution in [1.82, 2.24) is 4.90 Å². The van der Waals surface area contributed by atoms with E-state index in [4.69, 9.17) is 16.3 Å². The molecule has 1 amide bonds. The van der Waals surface area contributed by atoms with Gasteiger partial charge in [0.05, 0.1) is 12.1 Å². The van der Waals surface area contributed by atoms with E-state index in [0.29, 0.717) is 35.1 Å². The van der Waals surface area contributed by atoms with Crippen molar-refractivity contribution in [2.24, 2.45) is 0 Å². The molecule has 0 bridgehead atoms. The predicted molar refractivity (Wildman–Crippen MR) is 78.1 cm³/mol. The van der Waals surface area contributed by atoms with Crippen molar-refractivity contribution in [1.29, 1.82) is 0 Å². The lowest BCUT2D eigenvalue weighted by molar-refractivity contribution is 0.0741. The predicted octanol–water partition coefficient (Wildman–Crippen LogP) is 3.51. The fourth-order valence-electron chi connectivity index (χ4n) is 2.31. The average Bonchev–Trinajstić information content (AvgIpc) is 2.63. The van der Waals surface area contributed by atoms with E-state index < -0.39 is 5.82 Å². The van der Waals surface area contributed by atoms with Crippen molar-refractivity contribution in [3.8, 4) is 5.75 Å². The van der Waals surface area contributed by atoms with Gasteiger partial charge in [0.25, 0.3) is 5.91 Å². The number of amides is 1. The molecule has 0 radical (unpaired) electrons. The highest BCUT2D eigenvalue weighted by molar-refractivity contribution is 6.30. The Labute approximate surface area is 126 Å². The third-order valence-corrected chi connectivity index (χ3v) is 3.63. The van der Waals surface area contributed by atoms with Gasteiger partial charge in [-0.1, -0.05) is 29.8 Å². The molecular formula is C16H13ClFNO2. The van der Waals surface area contributed by atoms with Crippen molar-refractivity contribution in [3.05, 3.63) is 64.4 Å². The van der Waals surface area contributed by atoms with E-state index in [1.165, 1.54) is 6.07 Å². The highest BCUT2D eigenvalue weighted by atomic mass is 35.5. The van der Waals surface area contributed by atoms with Gasteiger partial charge in [0.1, 0.15) is 18.2 Å². The molecule has 2 aromatic carbocycles. The number of hydrogen-bond acceptors (Lipinski definition) is 2. The number of carbonyl (C=O) groups is 1. The lowest BCUT2D eigenvalue weighted by atomic mass is 10.1. The first-order valence-electron chi connectivity index (χ1n) is 6.60. The summed E-state index contributed by atoms with van der Waals surface area (Å²) in [6, 6.07) is 11.6. The Morgan fingerprint density at radius 3 is 2.86 bits per heavy atom. The molecule has 0 spiro atoms. The molecule has 5 heteroatoms. The van der Waals surface area contributed by atoms with Gasteiger partial charge in [-0.25, -0.2) is 4.39 Å². The van der Waals surface area contributed by atoms with Gasteiger partial charge in [0, 0.05) is 17.1 Å². The number of hydrogen-bond donors (Lipinski definition) is 0. The van der Waals surface area contributed by atoms with Crippen LogP contribution in [0.5, 0.6) is 5.75 Å². The van der Waals surface area contributed by atoms with Crippen LogP contribution in [0.1, 0.15) is 15.9 Å². The fraction of sp³-hybridized carbons (Fsp3) is 0.188. The molecule has 0 atom stereocenters. The average molecular weight is 306 g/mol. The van der Waals surface area contributed by atoms with Crippen LogP contribution in [-0.2, 0) is 6.54 Å². The van der Waals surface area contributed by atoms with Crippen LogP contribution >= 0.6 is 11.6 Å². The first-order valence-corrected chi connectivity index (χ1v) is 6.98. The van der Waals surface area contributed by atoms with E-state index in [2.05, 4.69) is 0 Å². The van der Waals surface area contributed by atoms with E-state index in [0.717, 1.165) is 0 Å². The number of rotatable bonds is 2. The summed E-state index contributed by atoms with van der Waals surface area (Å²) in [6.45, 7) is 0.993. The maximum Gasteiger partial charge on any atom is 0.258 e. The molecule has 0 aromatic heterocycles. The number of carbonyl (C=O) groups excluding carboxylic acids is 1. The van der Waals surface area contributed by atoms with Gasteiger partial charge < -0.3 is 9.64 Å². The number of halogens is 2. The summed E-state index contributed by atoms with van der Waals surface area (Å²) in [5.41, 5.74) is 0.941. The number of fused-ring (bicyclic) bond motifs is 1. The van der Waals surface area contributed by atoms with Crippen LogP contribution in [0, 0.1) is 5.82 Å². The molecule has 0 fully saturated rings. The highest BCUT2D eigenvalue weighted by Crippen LogP contribution is 2.24. The highest BCUT2D eigenvalue weighted by Gasteiger charge is 2.23. The zero-order valence-corrected chi connectivity index (χ0v) is 11.9. The topological polar surface area (TPSA) is 29.5 Å². The summed E-state index contributed by atoms with van der Waals surface area (Å²) >= 11 is 5.74. The molecule has 0 aliphatic carbocycles. The Bertz CT molecular complexity index is 690. The molecule has 1 heterocycles. The first-order chi connectivity index (χ1) is 10.1. The molecule has 0 unspecified atom stereocenters. The molecule has 3 rings (SSSR count). The van der Waals surface area contributed by atoms with Crippen LogP contribution in [0.2, 0.25) is 5.02 Å². The molecule has 0 saturated carbocycles. The van der Waals surface area contributed by atoms with E-state index in [1.54, 1.807) is 35.2 Å². The fourth-order valence-corrected chi connectivity index (χ4v) is 2.47. The third kappa shape index (κ3) is 2.85. The number of nitrogens with zero attached hydrogens (tertiary/aromatic N) is 1. The van der Waals surface area contributed by atoms with E-state index in [1.807, 2.05) is 6.07 Å². The van der Waals surface area contributed by atoms with Crippen LogP contribution < -0.4 is 4.74 Å². The Kier molecular flexibility index (Phi) is 3.80. The zero-order chi connectivity index (χ0) is 14.8. The number of ether oxygens (including phenoxy) is 1. The molecule has 1 aliphatic heterocycles. The van der Waals surface area contributed by atoms with E-state index in [-0.39, 0.29) is 12.5 Å². The van der Waals surface area contributed by atoms with Gasteiger partial charge in [0.15, 0.2) is 0 Å². The maximum atomic E-state index is 13.9. The van der Waals surface area contributed by atoms with Gasteiger partial charge in [-0.3, -0.25) is 4.79 Å². The minimum Gasteiger partial charge on any atom is -0.491 e. The Morgan fingerprint density at radius 1 is 1.24 bits per heavy atom. The Hall–Kier alpha value is -2.07. The molecule has 0 saturated heterocycles. The smallest absolute Gasteiger partial charge is 0.258 e. The second-order valence-corrected chi connectivity index (χ2v) is 5.24. The molecule has 1 aliphatic rings. The SMILES string of the molecule is O=C1c2ccccc2OCCN1Cc1ccc(Cl)cc1F. The zero-order valence-electron chi connectivity index (χ0n) is 11.2. The first kappa shape index (κ1) is 13.9.